The number of carboxylic acids is 1. The Kier molecular flexibility index (Phi) is 3.37. The van der Waals surface area contributed by atoms with Gasteiger partial charge in [-0.2, -0.15) is 0 Å². The molecule has 0 aromatic rings. The quantitative estimate of drug-likeness (QED) is 0.707. The van der Waals surface area contributed by atoms with E-state index in [1.165, 1.54) is 12.8 Å². The Bertz CT molecular complexity index is 381. The summed E-state index contributed by atoms with van der Waals surface area (Å²) in [6.45, 7) is 0.703. The maximum absolute atomic E-state index is 11.8. The van der Waals surface area contributed by atoms with Crippen molar-refractivity contribution in [2.75, 3.05) is 6.54 Å². The summed E-state index contributed by atoms with van der Waals surface area (Å²) in [6, 6.07) is -0.360. The number of amides is 2. The lowest BCUT2D eigenvalue weighted by molar-refractivity contribution is -0.144. The van der Waals surface area contributed by atoms with E-state index in [4.69, 9.17) is 0 Å². The zero-order valence-electron chi connectivity index (χ0n) is 11.1. The van der Waals surface area contributed by atoms with Crippen molar-refractivity contribution in [1.29, 1.82) is 0 Å². The molecule has 5 nitrogen and oxygen atoms in total. The van der Waals surface area contributed by atoms with Gasteiger partial charge in [0.1, 0.15) is 0 Å². The number of hydrogen-bond acceptors (Lipinski definition) is 2. The van der Waals surface area contributed by atoms with Crippen LogP contribution < -0.4 is 10.6 Å². The van der Waals surface area contributed by atoms with Crippen molar-refractivity contribution in [3.05, 3.63) is 0 Å². The lowest BCUT2D eigenvalue weighted by Gasteiger charge is -2.28. The number of nitrogens with one attached hydrogen (secondary N) is 2. The van der Waals surface area contributed by atoms with E-state index in [0.717, 1.165) is 31.6 Å². The van der Waals surface area contributed by atoms with Crippen LogP contribution in [-0.4, -0.2) is 29.7 Å². The third kappa shape index (κ3) is 2.69. The minimum absolute atomic E-state index is 0.169. The lowest BCUT2D eigenvalue weighted by atomic mass is 9.84. The van der Waals surface area contributed by atoms with Crippen LogP contribution in [0.4, 0.5) is 4.79 Å². The molecule has 0 spiro atoms. The highest BCUT2D eigenvalue weighted by molar-refractivity contribution is 5.77. The van der Waals surface area contributed by atoms with E-state index in [2.05, 4.69) is 10.6 Å². The van der Waals surface area contributed by atoms with Gasteiger partial charge in [-0.25, -0.2) is 4.79 Å². The Morgan fingerprint density at radius 2 is 1.84 bits per heavy atom. The predicted octanol–water partition coefficient (Wildman–Crippen LogP) is 1.59. The Labute approximate surface area is 113 Å². The van der Waals surface area contributed by atoms with E-state index in [1.807, 2.05) is 0 Å². The summed E-state index contributed by atoms with van der Waals surface area (Å²) in [7, 11) is 0. The summed E-state index contributed by atoms with van der Waals surface area (Å²) in [5, 5.41) is 15.1. The van der Waals surface area contributed by atoms with Gasteiger partial charge in [0, 0.05) is 12.6 Å². The van der Waals surface area contributed by atoms with Crippen LogP contribution in [0.25, 0.3) is 0 Å². The maximum atomic E-state index is 11.8. The molecule has 2 amide bonds. The Balaban J connectivity index is 1.49. The largest absolute Gasteiger partial charge is 0.481 e. The van der Waals surface area contributed by atoms with Gasteiger partial charge in [-0.3, -0.25) is 4.79 Å². The van der Waals surface area contributed by atoms with Gasteiger partial charge >= 0.3 is 12.0 Å². The van der Waals surface area contributed by atoms with E-state index >= 15 is 0 Å². The number of carboxylic acid groups (broad SMARTS) is 1. The Hall–Kier alpha value is -1.26. The molecule has 3 aliphatic rings. The number of aliphatic carboxylic acids is 1. The molecule has 4 atom stereocenters. The zero-order valence-corrected chi connectivity index (χ0v) is 11.1. The van der Waals surface area contributed by atoms with Crippen molar-refractivity contribution in [2.24, 2.45) is 23.7 Å². The molecule has 3 rings (SSSR count). The van der Waals surface area contributed by atoms with Crippen LogP contribution >= 0.6 is 0 Å². The number of rotatable bonds is 5. The topological polar surface area (TPSA) is 78.4 Å². The van der Waals surface area contributed by atoms with Crippen LogP contribution in [0.2, 0.25) is 0 Å². The number of carbonyl (C=O) groups excluding carboxylic acids is 1. The molecule has 0 radical (unpaired) electrons. The molecular formula is C14H22N2O3. The highest BCUT2D eigenvalue weighted by atomic mass is 16.4. The highest BCUT2D eigenvalue weighted by Gasteiger charge is 2.51. The van der Waals surface area contributed by atoms with Crippen molar-refractivity contribution in [1.82, 2.24) is 10.6 Å². The molecule has 0 aliphatic heterocycles. The predicted molar refractivity (Wildman–Crippen MR) is 69.6 cm³/mol. The normalized spacial score (nSPS) is 36.2. The summed E-state index contributed by atoms with van der Waals surface area (Å²) in [4.78, 5) is 23.2. The third-order valence-corrected chi connectivity index (χ3v) is 5.03. The van der Waals surface area contributed by atoms with Crippen LogP contribution in [-0.2, 0) is 4.79 Å². The summed E-state index contributed by atoms with van der Waals surface area (Å²) in [5.74, 6) is 0.289. The van der Waals surface area contributed by atoms with E-state index in [-0.39, 0.29) is 23.9 Å². The monoisotopic (exact) mass is 266 g/mol. The fraction of sp³-hybridized carbons (Fsp3) is 0.857. The molecule has 0 heterocycles. The van der Waals surface area contributed by atoms with Gasteiger partial charge < -0.3 is 15.7 Å². The van der Waals surface area contributed by atoms with Crippen molar-refractivity contribution in [2.45, 2.75) is 44.6 Å². The first-order chi connectivity index (χ1) is 9.15. The molecule has 2 bridgehead atoms. The molecule has 3 saturated carbocycles. The fourth-order valence-corrected chi connectivity index (χ4v) is 3.85. The third-order valence-electron chi connectivity index (χ3n) is 5.03. The van der Waals surface area contributed by atoms with Crippen LogP contribution in [0.3, 0.4) is 0 Å². The first-order valence-corrected chi connectivity index (χ1v) is 7.42. The van der Waals surface area contributed by atoms with E-state index in [1.54, 1.807) is 0 Å². The summed E-state index contributed by atoms with van der Waals surface area (Å²) < 4.78 is 0. The van der Waals surface area contributed by atoms with Crippen molar-refractivity contribution in [3.63, 3.8) is 0 Å². The van der Waals surface area contributed by atoms with E-state index < -0.39 is 5.97 Å². The second-order valence-corrected chi connectivity index (χ2v) is 6.36. The molecule has 0 aromatic carbocycles. The number of hydrogen-bond donors (Lipinski definition) is 3. The zero-order chi connectivity index (χ0) is 13.4. The average Bonchev–Trinajstić information content (AvgIpc) is 2.96. The van der Waals surface area contributed by atoms with E-state index in [9.17, 15) is 14.7 Å². The lowest BCUT2D eigenvalue weighted by Crippen LogP contribution is -2.50. The van der Waals surface area contributed by atoms with Gasteiger partial charge in [-0.1, -0.05) is 12.8 Å². The molecule has 4 unspecified atom stereocenters. The minimum atomic E-state index is -0.754. The van der Waals surface area contributed by atoms with Gasteiger partial charge in [-0.05, 0) is 43.4 Å². The van der Waals surface area contributed by atoms with Gasteiger partial charge in [0.2, 0.25) is 0 Å². The smallest absolute Gasteiger partial charge is 0.315 e. The number of carbonyl (C=O) groups is 2. The molecule has 5 heteroatoms. The molecule has 106 valence electrons. The summed E-state index contributed by atoms with van der Waals surface area (Å²) in [5.41, 5.74) is 0. The molecule has 3 fully saturated rings. The van der Waals surface area contributed by atoms with Gasteiger partial charge in [0.05, 0.1) is 5.92 Å². The molecule has 19 heavy (non-hydrogen) atoms. The molecule has 0 aromatic heterocycles. The molecule has 3 N–H and O–H groups in total. The van der Waals surface area contributed by atoms with Crippen LogP contribution in [0.5, 0.6) is 0 Å². The van der Waals surface area contributed by atoms with Crippen molar-refractivity contribution < 1.29 is 14.7 Å². The number of urea groups is 1. The Morgan fingerprint density at radius 3 is 2.53 bits per heavy atom. The minimum Gasteiger partial charge on any atom is -0.481 e. The summed E-state index contributed by atoms with van der Waals surface area (Å²) in [6.07, 6.45) is 6.65. The van der Waals surface area contributed by atoms with Crippen LogP contribution in [0, 0.1) is 23.7 Å². The first-order valence-electron chi connectivity index (χ1n) is 7.42. The Morgan fingerprint density at radius 1 is 1.11 bits per heavy atom. The standard InChI is InChI=1S/C14H22N2O3/c17-13(18)11-9-3-4-10(7-9)12(11)16-14(19)15-6-5-8-1-2-8/h8-12H,1-7H2,(H,17,18)(H2,15,16,19). The van der Waals surface area contributed by atoms with Gasteiger partial charge in [0.25, 0.3) is 0 Å². The molecule has 3 aliphatic carbocycles. The van der Waals surface area contributed by atoms with Gasteiger partial charge in [-0.15, -0.1) is 0 Å². The molecule has 0 saturated heterocycles. The second kappa shape index (κ2) is 5.02. The van der Waals surface area contributed by atoms with Gasteiger partial charge in [0.15, 0.2) is 0 Å². The number of fused-ring (bicyclic) bond motifs is 2. The van der Waals surface area contributed by atoms with Crippen LogP contribution in [0.15, 0.2) is 0 Å². The average molecular weight is 266 g/mol. The first kappa shape index (κ1) is 12.8. The second-order valence-electron chi connectivity index (χ2n) is 6.36. The maximum Gasteiger partial charge on any atom is 0.315 e. The summed E-state index contributed by atoms with van der Waals surface area (Å²) >= 11 is 0. The SMILES string of the molecule is O=C(NCCC1CC1)NC1C2CCC(C2)C1C(=O)O. The fourth-order valence-electron chi connectivity index (χ4n) is 3.85. The highest BCUT2D eigenvalue weighted by Crippen LogP contribution is 2.48. The molecular weight excluding hydrogens is 244 g/mol. The van der Waals surface area contributed by atoms with Crippen LogP contribution in [0.1, 0.15) is 38.5 Å². The van der Waals surface area contributed by atoms with Crippen molar-refractivity contribution >= 4 is 12.0 Å². The van der Waals surface area contributed by atoms with Crippen molar-refractivity contribution in [3.8, 4) is 0 Å². The van der Waals surface area contributed by atoms with E-state index in [0.29, 0.717) is 12.5 Å².